The van der Waals surface area contributed by atoms with Gasteiger partial charge < -0.3 is 20.1 Å². The van der Waals surface area contributed by atoms with Crippen molar-refractivity contribution >= 4 is 11.7 Å². The van der Waals surface area contributed by atoms with Gasteiger partial charge in [0.05, 0.1) is 11.8 Å². The lowest BCUT2D eigenvalue weighted by atomic mass is 10.1. The molecule has 3 rings (SSSR count). The van der Waals surface area contributed by atoms with Crippen LogP contribution in [0.25, 0.3) is 0 Å². The van der Waals surface area contributed by atoms with Crippen molar-refractivity contribution in [2.45, 2.75) is 18.9 Å². The fourth-order valence-corrected chi connectivity index (χ4v) is 2.71. The molecular weight excluding hydrogens is 330 g/mol. The summed E-state index contributed by atoms with van der Waals surface area (Å²) in [7, 11) is 0. The highest BCUT2D eigenvalue weighted by atomic mass is 19.1. The predicted molar refractivity (Wildman–Crippen MR) is 88.7 cm³/mol. The Labute approximate surface area is 143 Å². The van der Waals surface area contributed by atoms with Crippen LogP contribution in [0.1, 0.15) is 12.8 Å². The number of β-amino-alcohol motifs (C(OH)–C–C–N with tert-alkyl or cyclic N) is 1. The van der Waals surface area contributed by atoms with Crippen LogP contribution in [0.15, 0.2) is 42.5 Å². The van der Waals surface area contributed by atoms with Gasteiger partial charge in [0.25, 0.3) is 0 Å². The van der Waals surface area contributed by atoms with Crippen molar-refractivity contribution in [2.75, 3.05) is 18.4 Å². The number of halogens is 2. The SMILES string of the molecule is O=C(Nc1ccccc1Oc1cc(F)cc(F)c1)N1CCCC(O)C1. The molecule has 0 bridgehead atoms. The smallest absolute Gasteiger partial charge is 0.322 e. The van der Waals surface area contributed by atoms with Gasteiger partial charge in [0, 0.05) is 31.3 Å². The highest BCUT2D eigenvalue weighted by molar-refractivity contribution is 5.91. The molecule has 0 aromatic heterocycles. The number of benzene rings is 2. The maximum absolute atomic E-state index is 13.3. The molecule has 2 N–H and O–H groups in total. The predicted octanol–water partition coefficient (Wildman–Crippen LogP) is 3.75. The Kier molecular flexibility index (Phi) is 5.14. The van der Waals surface area contributed by atoms with Crippen molar-refractivity contribution in [3.8, 4) is 11.5 Å². The number of nitrogens with one attached hydrogen (secondary N) is 1. The van der Waals surface area contributed by atoms with Crippen molar-refractivity contribution in [3.05, 3.63) is 54.1 Å². The summed E-state index contributed by atoms with van der Waals surface area (Å²) in [6.07, 6.45) is 0.880. The van der Waals surface area contributed by atoms with Crippen LogP contribution >= 0.6 is 0 Å². The van der Waals surface area contributed by atoms with Gasteiger partial charge in [-0.15, -0.1) is 0 Å². The van der Waals surface area contributed by atoms with E-state index in [0.29, 0.717) is 18.7 Å². The molecular formula is C18H18F2N2O3. The molecule has 1 aliphatic heterocycles. The van der Waals surface area contributed by atoms with Gasteiger partial charge in [-0.05, 0) is 25.0 Å². The number of aliphatic hydroxyl groups is 1. The standard InChI is InChI=1S/C18H18F2N2O3/c19-12-8-13(20)10-15(9-12)25-17-6-2-1-5-16(17)21-18(24)22-7-3-4-14(23)11-22/h1-2,5-6,8-10,14,23H,3-4,7,11H2,(H,21,24). The summed E-state index contributed by atoms with van der Waals surface area (Å²) in [6.45, 7) is 0.824. The van der Waals surface area contributed by atoms with Gasteiger partial charge in [0.15, 0.2) is 5.75 Å². The van der Waals surface area contributed by atoms with Crippen LogP contribution in [0, 0.1) is 11.6 Å². The third-order valence-electron chi connectivity index (χ3n) is 3.88. The van der Waals surface area contributed by atoms with E-state index in [9.17, 15) is 18.7 Å². The normalized spacial score (nSPS) is 17.2. The van der Waals surface area contributed by atoms with Crippen LogP contribution in [0.5, 0.6) is 11.5 Å². The largest absolute Gasteiger partial charge is 0.455 e. The fourth-order valence-electron chi connectivity index (χ4n) is 2.71. The summed E-state index contributed by atoms with van der Waals surface area (Å²) in [6, 6.07) is 9.12. The molecule has 7 heteroatoms. The maximum Gasteiger partial charge on any atom is 0.322 e. The van der Waals surface area contributed by atoms with Gasteiger partial charge in [-0.25, -0.2) is 13.6 Å². The molecule has 1 saturated heterocycles. The average molecular weight is 348 g/mol. The van der Waals surface area contributed by atoms with Gasteiger partial charge in [-0.3, -0.25) is 0 Å². The Balaban J connectivity index is 1.75. The highest BCUT2D eigenvalue weighted by Crippen LogP contribution is 2.30. The van der Waals surface area contributed by atoms with E-state index in [-0.39, 0.29) is 24.1 Å². The van der Waals surface area contributed by atoms with Crippen molar-refractivity contribution < 1.29 is 23.4 Å². The highest BCUT2D eigenvalue weighted by Gasteiger charge is 2.22. The number of nitrogens with zero attached hydrogens (tertiary/aromatic N) is 1. The quantitative estimate of drug-likeness (QED) is 0.888. The zero-order valence-electron chi connectivity index (χ0n) is 13.4. The second-order valence-electron chi connectivity index (χ2n) is 5.88. The number of urea groups is 1. The van der Waals surface area contributed by atoms with E-state index < -0.39 is 17.7 Å². The molecule has 2 amide bonds. The first kappa shape index (κ1) is 17.2. The minimum Gasteiger partial charge on any atom is -0.455 e. The van der Waals surface area contributed by atoms with E-state index in [1.54, 1.807) is 24.3 Å². The monoisotopic (exact) mass is 348 g/mol. The maximum atomic E-state index is 13.3. The van der Waals surface area contributed by atoms with Crippen LogP contribution < -0.4 is 10.1 Å². The van der Waals surface area contributed by atoms with E-state index >= 15 is 0 Å². The third kappa shape index (κ3) is 4.45. The zero-order valence-corrected chi connectivity index (χ0v) is 13.4. The molecule has 0 spiro atoms. The first-order valence-corrected chi connectivity index (χ1v) is 7.98. The first-order chi connectivity index (χ1) is 12.0. The molecule has 132 valence electrons. The number of aliphatic hydroxyl groups excluding tert-OH is 1. The van der Waals surface area contributed by atoms with Crippen LogP contribution in [-0.2, 0) is 0 Å². The lowest BCUT2D eigenvalue weighted by Gasteiger charge is -2.30. The van der Waals surface area contributed by atoms with Crippen molar-refractivity contribution in [2.24, 2.45) is 0 Å². The van der Waals surface area contributed by atoms with Crippen molar-refractivity contribution in [1.29, 1.82) is 0 Å². The summed E-state index contributed by atoms with van der Waals surface area (Å²) >= 11 is 0. The summed E-state index contributed by atoms with van der Waals surface area (Å²) in [5, 5.41) is 12.4. The van der Waals surface area contributed by atoms with Crippen LogP contribution in [0.3, 0.4) is 0 Å². The first-order valence-electron chi connectivity index (χ1n) is 7.98. The molecule has 2 aromatic rings. The Morgan fingerprint density at radius 1 is 1.20 bits per heavy atom. The topological polar surface area (TPSA) is 61.8 Å². The van der Waals surface area contributed by atoms with E-state index in [0.717, 1.165) is 24.6 Å². The minimum absolute atomic E-state index is 0.00686. The average Bonchev–Trinajstić information content (AvgIpc) is 2.55. The second-order valence-corrected chi connectivity index (χ2v) is 5.88. The number of amides is 2. The number of carbonyl (C=O) groups is 1. The molecule has 25 heavy (non-hydrogen) atoms. The number of carbonyl (C=O) groups excluding carboxylic acids is 1. The number of piperidine rings is 1. The molecule has 0 saturated carbocycles. The molecule has 1 heterocycles. The number of hydrogen-bond acceptors (Lipinski definition) is 3. The van der Waals surface area contributed by atoms with E-state index in [1.165, 1.54) is 4.90 Å². The van der Waals surface area contributed by atoms with Crippen LogP contribution in [0.4, 0.5) is 19.3 Å². The summed E-state index contributed by atoms with van der Waals surface area (Å²) in [4.78, 5) is 13.9. The van der Waals surface area contributed by atoms with Crippen molar-refractivity contribution in [1.82, 2.24) is 4.90 Å². The fraction of sp³-hybridized carbons (Fsp3) is 0.278. The van der Waals surface area contributed by atoms with Gasteiger partial charge in [0.1, 0.15) is 17.4 Å². The number of ether oxygens (including phenoxy) is 1. The second kappa shape index (κ2) is 7.48. The van der Waals surface area contributed by atoms with E-state index in [4.69, 9.17) is 4.74 Å². The molecule has 2 aromatic carbocycles. The van der Waals surface area contributed by atoms with Gasteiger partial charge in [-0.1, -0.05) is 12.1 Å². The molecule has 1 fully saturated rings. The number of para-hydroxylation sites is 2. The van der Waals surface area contributed by atoms with E-state index in [1.807, 2.05) is 0 Å². The van der Waals surface area contributed by atoms with Crippen molar-refractivity contribution in [3.63, 3.8) is 0 Å². The minimum atomic E-state index is -0.751. The van der Waals surface area contributed by atoms with Gasteiger partial charge in [-0.2, -0.15) is 0 Å². The molecule has 0 aliphatic carbocycles. The number of anilines is 1. The Morgan fingerprint density at radius 2 is 1.92 bits per heavy atom. The molecule has 1 unspecified atom stereocenters. The zero-order chi connectivity index (χ0) is 17.8. The summed E-state index contributed by atoms with van der Waals surface area (Å²) in [5.74, 6) is -1.25. The Bertz CT molecular complexity index is 749. The van der Waals surface area contributed by atoms with Gasteiger partial charge in [0.2, 0.25) is 0 Å². The summed E-state index contributed by atoms with van der Waals surface area (Å²) in [5.41, 5.74) is 0.372. The van der Waals surface area contributed by atoms with Crippen LogP contribution in [-0.4, -0.2) is 35.2 Å². The van der Waals surface area contributed by atoms with Crippen LogP contribution in [0.2, 0.25) is 0 Å². The Morgan fingerprint density at radius 3 is 2.64 bits per heavy atom. The molecule has 1 atom stereocenters. The molecule has 5 nitrogen and oxygen atoms in total. The Hall–Kier alpha value is -2.67. The number of likely N-dealkylation sites (tertiary alicyclic amines) is 1. The number of hydrogen-bond donors (Lipinski definition) is 2. The lowest BCUT2D eigenvalue weighted by Crippen LogP contribution is -2.44. The van der Waals surface area contributed by atoms with E-state index in [2.05, 4.69) is 5.32 Å². The molecule has 1 aliphatic rings. The number of rotatable bonds is 3. The van der Waals surface area contributed by atoms with Gasteiger partial charge >= 0.3 is 6.03 Å². The summed E-state index contributed by atoms with van der Waals surface area (Å²) < 4.78 is 32.1. The third-order valence-corrected chi connectivity index (χ3v) is 3.88. The molecule has 0 radical (unpaired) electrons. The lowest BCUT2D eigenvalue weighted by molar-refractivity contribution is 0.0883.